The summed E-state index contributed by atoms with van der Waals surface area (Å²) in [5.41, 5.74) is 0. The normalized spacial score (nSPS) is 13.4. The quantitative estimate of drug-likeness (QED) is 0.230. The Hall–Kier alpha value is -0.833. The maximum absolute atomic E-state index is 10.5. The van der Waals surface area contributed by atoms with Gasteiger partial charge in [-0.25, -0.2) is 0 Å². The molecule has 0 saturated heterocycles. The molecule has 0 aromatic heterocycles. The van der Waals surface area contributed by atoms with Crippen LogP contribution in [0.2, 0.25) is 18.1 Å². The summed E-state index contributed by atoms with van der Waals surface area (Å²) in [6, 6.07) is 0. The predicted molar refractivity (Wildman–Crippen MR) is 71.9 cm³/mol. The molecule has 92 valence electrons. The summed E-state index contributed by atoms with van der Waals surface area (Å²) in [6.45, 7) is 14.6. The molecular weight excluding hydrogens is 216 g/mol. The van der Waals surface area contributed by atoms with Crippen molar-refractivity contribution in [2.45, 2.75) is 51.7 Å². The largest absolute Gasteiger partial charge is 0.546 e. The third-order valence-corrected chi connectivity index (χ3v) is 7.43. The van der Waals surface area contributed by atoms with Gasteiger partial charge in [0.05, 0.1) is 5.76 Å². The van der Waals surface area contributed by atoms with Crippen LogP contribution in [-0.2, 0) is 9.22 Å². The van der Waals surface area contributed by atoms with Gasteiger partial charge >= 0.3 is 0 Å². The van der Waals surface area contributed by atoms with E-state index in [0.717, 1.165) is 24.9 Å². The Morgan fingerprint density at radius 3 is 2.31 bits per heavy atom. The van der Waals surface area contributed by atoms with Gasteiger partial charge in [0.1, 0.15) is 6.29 Å². The van der Waals surface area contributed by atoms with Crippen LogP contribution in [0.4, 0.5) is 0 Å². The minimum Gasteiger partial charge on any atom is -0.546 e. The monoisotopic (exact) mass is 240 g/mol. The van der Waals surface area contributed by atoms with Crippen molar-refractivity contribution < 1.29 is 9.22 Å². The molecule has 0 bridgehead atoms. The predicted octanol–water partition coefficient (Wildman–Crippen LogP) is 4.06. The summed E-state index contributed by atoms with van der Waals surface area (Å²) in [5.74, 6) is 0.793. The second-order valence-corrected chi connectivity index (χ2v) is 10.2. The third-order valence-electron chi connectivity index (χ3n) is 3.04. The molecule has 0 aliphatic rings. The molecular formula is C13H24O2Si. The first-order valence-corrected chi connectivity index (χ1v) is 8.59. The van der Waals surface area contributed by atoms with Crippen LogP contribution in [0.1, 0.15) is 33.6 Å². The average Bonchev–Trinajstić information content (AvgIpc) is 2.12. The van der Waals surface area contributed by atoms with Gasteiger partial charge in [-0.1, -0.05) is 26.8 Å². The molecule has 0 aromatic rings. The fraction of sp³-hybridized carbons (Fsp3) is 0.615. The van der Waals surface area contributed by atoms with Gasteiger partial charge in [-0.3, -0.25) is 4.79 Å². The van der Waals surface area contributed by atoms with E-state index in [0.29, 0.717) is 0 Å². The molecule has 0 N–H and O–H groups in total. The van der Waals surface area contributed by atoms with E-state index >= 15 is 0 Å². The molecule has 0 aromatic carbocycles. The Morgan fingerprint density at radius 2 is 1.94 bits per heavy atom. The number of rotatable bonds is 6. The van der Waals surface area contributed by atoms with E-state index in [1.807, 2.05) is 6.08 Å². The van der Waals surface area contributed by atoms with Crippen LogP contribution < -0.4 is 0 Å². The molecule has 0 heterocycles. The molecule has 2 nitrogen and oxygen atoms in total. The Morgan fingerprint density at radius 1 is 1.38 bits per heavy atom. The van der Waals surface area contributed by atoms with Crippen molar-refractivity contribution in [2.24, 2.45) is 0 Å². The summed E-state index contributed by atoms with van der Waals surface area (Å²) >= 11 is 0. The van der Waals surface area contributed by atoms with Gasteiger partial charge in [-0.2, -0.15) is 0 Å². The Labute approximate surface area is 101 Å². The lowest BCUT2D eigenvalue weighted by Crippen LogP contribution is -2.40. The zero-order valence-electron chi connectivity index (χ0n) is 11.2. The Balaban J connectivity index is 4.69. The smallest absolute Gasteiger partial charge is 0.250 e. The lowest BCUT2D eigenvalue weighted by atomic mass is 10.2. The third kappa shape index (κ3) is 4.79. The van der Waals surface area contributed by atoms with E-state index in [9.17, 15) is 4.79 Å². The molecule has 0 fully saturated rings. The highest BCUT2D eigenvalue weighted by Crippen LogP contribution is 2.38. The molecule has 16 heavy (non-hydrogen) atoms. The SMILES string of the molecule is C=CCC/C(=C/C=O)O[Si](C)(C)C(C)(C)C. The number of aldehydes is 1. The second-order valence-electron chi connectivity index (χ2n) is 5.46. The van der Waals surface area contributed by atoms with Gasteiger partial charge < -0.3 is 4.43 Å². The maximum atomic E-state index is 10.5. The molecule has 0 amide bonds. The first-order valence-electron chi connectivity index (χ1n) is 5.69. The van der Waals surface area contributed by atoms with Crippen molar-refractivity contribution in [3.63, 3.8) is 0 Å². The van der Waals surface area contributed by atoms with E-state index in [2.05, 4.69) is 40.4 Å². The van der Waals surface area contributed by atoms with Gasteiger partial charge in [0.25, 0.3) is 0 Å². The van der Waals surface area contributed by atoms with Crippen LogP contribution in [-0.4, -0.2) is 14.6 Å². The van der Waals surface area contributed by atoms with Gasteiger partial charge in [-0.05, 0) is 24.6 Å². The molecule has 0 saturated carbocycles. The fourth-order valence-electron chi connectivity index (χ4n) is 0.969. The molecule has 0 unspecified atom stereocenters. The van der Waals surface area contributed by atoms with Crippen molar-refractivity contribution in [3.05, 3.63) is 24.5 Å². The molecule has 0 aliphatic carbocycles. The summed E-state index contributed by atoms with van der Waals surface area (Å²) in [5, 5.41) is 0.156. The summed E-state index contributed by atoms with van der Waals surface area (Å²) in [6.07, 6.45) is 5.77. The average molecular weight is 240 g/mol. The molecule has 0 atom stereocenters. The lowest BCUT2D eigenvalue weighted by molar-refractivity contribution is -0.104. The summed E-state index contributed by atoms with van der Waals surface area (Å²) in [4.78, 5) is 10.5. The van der Waals surface area contributed by atoms with Crippen LogP contribution in [0, 0.1) is 0 Å². The van der Waals surface area contributed by atoms with Crippen molar-refractivity contribution >= 4 is 14.6 Å². The molecule has 0 rings (SSSR count). The van der Waals surface area contributed by atoms with Crippen molar-refractivity contribution in [3.8, 4) is 0 Å². The highest BCUT2D eigenvalue weighted by atomic mass is 28.4. The van der Waals surface area contributed by atoms with E-state index in [1.165, 1.54) is 6.08 Å². The van der Waals surface area contributed by atoms with Gasteiger partial charge in [0.2, 0.25) is 8.32 Å². The second kappa shape index (κ2) is 6.04. The van der Waals surface area contributed by atoms with Gasteiger partial charge in [0, 0.05) is 12.5 Å². The standard InChI is InChI=1S/C13H24O2Si/c1-7-8-9-12(10-11-14)15-16(5,6)13(2,3)4/h7,10-11H,1,8-9H2,2-6H3/b12-10-. The minimum atomic E-state index is -1.82. The van der Waals surface area contributed by atoms with E-state index in [1.54, 1.807) is 0 Å². The van der Waals surface area contributed by atoms with Crippen LogP contribution in [0.5, 0.6) is 0 Å². The molecule has 0 radical (unpaired) electrons. The molecule has 0 aliphatic heterocycles. The first kappa shape index (κ1) is 15.2. The minimum absolute atomic E-state index is 0.156. The summed E-state index contributed by atoms with van der Waals surface area (Å²) in [7, 11) is -1.82. The molecule has 3 heteroatoms. The topological polar surface area (TPSA) is 26.3 Å². The van der Waals surface area contributed by atoms with Crippen molar-refractivity contribution in [2.75, 3.05) is 0 Å². The zero-order chi connectivity index (χ0) is 12.8. The van der Waals surface area contributed by atoms with Crippen LogP contribution in [0.15, 0.2) is 24.5 Å². The van der Waals surface area contributed by atoms with E-state index < -0.39 is 8.32 Å². The van der Waals surface area contributed by atoms with Crippen LogP contribution >= 0.6 is 0 Å². The van der Waals surface area contributed by atoms with Crippen LogP contribution in [0.25, 0.3) is 0 Å². The highest BCUT2D eigenvalue weighted by molar-refractivity contribution is 6.74. The van der Waals surface area contributed by atoms with Crippen molar-refractivity contribution in [1.82, 2.24) is 0 Å². The van der Waals surface area contributed by atoms with Gasteiger partial charge in [0.15, 0.2) is 0 Å². The number of hydrogen-bond acceptors (Lipinski definition) is 2. The van der Waals surface area contributed by atoms with E-state index in [4.69, 9.17) is 4.43 Å². The number of allylic oxidation sites excluding steroid dienone is 3. The first-order chi connectivity index (χ1) is 7.24. The summed E-state index contributed by atoms with van der Waals surface area (Å²) < 4.78 is 6.07. The maximum Gasteiger partial charge on any atom is 0.250 e. The van der Waals surface area contributed by atoms with E-state index in [-0.39, 0.29) is 5.04 Å². The van der Waals surface area contributed by atoms with Crippen LogP contribution in [0.3, 0.4) is 0 Å². The Kier molecular flexibility index (Phi) is 5.72. The number of hydrogen-bond donors (Lipinski definition) is 0. The zero-order valence-corrected chi connectivity index (χ0v) is 12.2. The molecule has 0 spiro atoms. The number of carbonyl (C=O) groups is 1. The Bertz CT molecular complexity index is 272. The van der Waals surface area contributed by atoms with Crippen molar-refractivity contribution in [1.29, 1.82) is 0 Å². The fourth-order valence-corrected chi connectivity index (χ4v) is 2.10. The number of carbonyl (C=O) groups excluding carboxylic acids is 1. The van der Waals surface area contributed by atoms with Gasteiger partial charge in [-0.15, -0.1) is 6.58 Å². The lowest BCUT2D eigenvalue weighted by Gasteiger charge is -2.37. The highest BCUT2D eigenvalue weighted by Gasteiger charge is 2.39.